The number of nitrogens with zero attached hydrogens (tertiary/aromatic N) is 3. The SMILES string of the molecule is Cc1nc([C@@H]2CCCN(C(=O)C(C)C)C2)nc(C)c1CC(=O)NC(C)C. The van der Waals surface area contributed by atoms with Gasteiger partial charge in [-0.05, 0) is 40.5 Å². The van der Waals surface area contributed by atoms with Crippen LogP contribution in [0.2, 0.25) is 0 Å². The minimum atomic E-state index is -0.00563. The second-order valence-electron chi connectivity index (χ2n) is 7.91. The van der Waals surface area contributed by atoms with E-state index < -0.39 is 0 Å². The summed E-state index contributed by atoms with van der Waals surface area (Å²) in [5, 5.41) is 2.91. The summed E-state index contributed by atoms with van der Waals surface area (Å²) in [5.41, 5.74) is 2.62. The Balaban J connectivity index is 2.16. The molecule has 0 aliphatic carbocycles. The molecule has 0 aromatic carbocycles. The number of aryl methyl sites for hydroxylation is 2. The number of likely N-dealkylation sites (tertiary alicyclic amines) is 1. The topological polar surface area (TPSA) is 75.2 Å². The van der Waals surface area contributed by atoms with Crippen molar-refractivity contribution in [2.75, 3.05) is 13.1 Å². The van der Waals surface area contributed by atoms with Crippen molar-refractivity contribution in [3.8, 4) is 0 Å². The summed E-state index contributed by atoms with van der Waals surface area (Å²) in [5.74, 6) is 1.18. The highest BCUT2D eigenvalue weighted by Gasteiger charge is 2.28. The Bertz CT molecular complexity index is 647. The molecule has 1 fully saturated rings. The Morgan fingerprint density at radius 3 is 2.31 bits per heavy atom. The highest BCUT2D eigenvalue weighted by molar-refractivity contribution is 5.79. The summed E-state index contributed by atoms with van der Waals surface area (Å²) in [6.07, 6.45) is 2.27. The number of hydrogen-bond acceptors (Lipinski definition) is 4. The van der Waals surface area contributed by atoms with E-state index >= 15 is 0 Å². The van der Waals surface area contributed by atoms with Crippen molar-refractivity contribution in [1.82, 2.24) is 20.2 Å². The fraction of sp³-hybridized carbons (Fsp3) is 0.700. The summed E-state index contributed by atoms with van der Waals surface area (Å²) in [6.45, 7) is 13.2. The molecular formula is C20H32N4O2. The molecule has 1 aromatic rings. The van der Waals surface area contributed by atoms with Crippen molar-refractivity contribution >= 4 is 11.8 Å². The van der Waals surface area contributed by atoms with Gasteiger partial charge in [-0.3, -0.25) is 9.59 Å². The van der Waals surface area contributed by atoms with E-state index in [-0.39, 0.29) is 29.7 Å². The number of aromatic nitrogens is 2. The van der Waals surface area contributed by atoms with Crippen LogP contribution in [0, 0.1) is 19.8 Å². The Morgan fingerprint density at radius 1 is 1.15 bits per heavy atom. The summed E-state index contributed by atoms with van der Waals surface area (Å²) in [4.78, 5) is 35.7. The lowest BCUT2D eigenvalue weighted by atomic mass is 9.95. The van der Waals surface area contributed by atoms with E-state index in [0.29, 0.717) is 13.0 Å². The van der Waals surface area contributed by atoms with Gasteiger partial charge >= 0.3 is 0 Å². The molecule has 144 valence electrons. The lowest BCUT2D eigenvalue weighted by Crippen LogP contribution is -2.41. The molecule has 0 spiro atoms. The number of carbonyl (C=O) groups excluding carboxylic acids is 2. The van der Waals surface area contributed by atoms with Crippen LogP contribution in [0.5, 0.6) is 0 Å². The summed E-state index contributed by atoms with van der Waals surface area (Å²) in [7, 11) is 0. The van der Waals surface area contributed by atoms with E-state index in [1.165, 1.54) is 0 Å². The Labute approximate surface area is 156 Å². The summed E-state index contributed by atoms with van der Waals surface area (Å²) in [6, 6.07) is 0.120. The van der Waals surface area contributed by atoms with Gasteiger partial charge in [0.25, 0.3) is 0 Å². The molecule has 2 amide bonds. The maximum absolute atomic E-state index is 12.3. The fourth-order valence-corrected chi connectivity index (χ4v) is 3.49. The Morgan fingerprint density at radius 2 is 1.77 bits per heavy atom. The highest BCUT2D eigenvalue weighted by Crippen LogP contribution is 2.26. The third-order valence-electron chi connectivity index (χ3n) is 4.82. The van der Waals surface area contributed by atoms with Crippen LogP contribution < -0.4 is 5.32 Å². The minimum absolute atomic E-state index is 0.00563. The smallest absolute Gasteiger partial charge is 0.225 e. The zero-order valence-electron chi connectivity index (χ0n) is 16.9. The number of carbonyl (C=O) groups is 2. The molecule has 0 saturated carbocycles. The molecule has 0 unspecified atom stereocenters. The number of nitrogens with one attached hydrogen (secondary N) is 1. The van der Waals surface area contributed by atoms with Gasteiger partial charge < -0.3 is 10.2 Å². The normalized spacial score (nSPS) is 17.7. The van der Waals surface area contributed by atoms with Crippen LogP contribution in [-0.4, -0.2) is 45.8 Å². The van der Waals surface area contributed by atoms with E-state index in [1.807, 2.05) is 46.4 Å². The average molecular weight is 361 g/mol. The van der Waals surface area contributed by atoms with Crippen LogP contribution in [0.15, 0.2) is 0 Å². The monoisotopic (exact) mass is 360 g/mol. The quantitative estimate of drug-likeness (QED) is 0.875. The molecule has 2 heterocycles. The first-order valence-electron chi connectivity index (χ1n) is 9.61. The van der Waals surface area contributed by atoms with Crippen molar-refractivity contribution in [1.29, 1.82) is 0 Å². The van der Waals surface area contributed by atoms with Gasteiger partial charge in [-0.1, -0.05) is 13.8 Å². The van der Waals surface area contributed by atoms with Gasteiger partial charge in [-0.2, -0.15) is 0 Å². The summed E-state index contributed by atoms with van der Waals surface area (Å²) >= 11 is 0. The molecule has 1 saturated heterocycles. The predicted molar refractivity (Wildman–Crippen MR) is 102 cm³/mol. The number of hydrogen-bond donors (Lipinski definition) is 1. The van der Waals surface area contributed by atoms with E-state index in [1.54, 1.807) is 0 Å². The van der Waals surface area contributed by atoms with E-state index in [2.05, 4.69) is 5.32 Å². The van der Waals surface area contributed by atoms with Crippen molar-refractivity contribution in [2.45, 2.75) is 72.8 Å². The zero-order valence-corrected chi connectivity index (χ0v) is 16.9. The molecule has 2 rings (SSSR count). The van der Waals surface area contributed by atoms with Crippen LogP contribution >= 0.6 is 0 Å². The Kier molecular flexibility index (Phi) is 6.73. The lowest BCUT2D eigenvalue weighted by Gasteiger charge is -2.33. The van der Waals surface area contributed by atoms with E-state index in [0.717, 1.165) is 42.2 Å². The van der Waals surface area contributed by atoms with Gasteiger partial charge in [-0.15, -0.1) is 0 Å². The third-order valence-corrected chi connectivity index (χ3v) is 4.82. The van der Waals surface area contributed by atoms with Crippen LogP contribution in [0.1, 0.15) is 69.2 Å². The van der Waals surface area contributed by atoms with Crippen LogP contribution in [0.4, 0.5) is 0 Å². The number of rotatable bonds is 5. The second kappa shape index (κ2) is 8.60. The van der Waals surface area contributed by atoms with Crippen LogP contribution in [0.25, 0.3) is 0 Å². The van der Waals surface area contributed by atoms with Crippen molar-refractivity contribution in [3.05, 3.63) is 22.8 Å². The summed E-state index contributed by atoms with van der Waals surface area (Å²) < 4.78 is 0. The van der Waals surface area contributed by atoms with Gasteiger partial charge in [0.15, 0.2) is 0 Å². The van der Waals surface area contributed by atoms with Crippen molar-refractivity contribution in [2.24, 2.45) is 5.92 Å². The van der Waals surface area contributed by atoms with Gasteiger partial charge in [0.05, 0.1) is 6.42 Å². The van der Waals surface area contributed by atoms with Gasteiger partial charge in [0.1, 0.15) is 5.82 Å². The molecule has 0 radical (unpaired) electrons. The molecule has 6 heteroatoms. The molecule has 0 bridgehead atoms. The molecule has 6 nitrogen and oxygen atoms in total. The molecule has 1 aliphatic rings. The van der Waals surface area contributed by atoms with Crippen LogP contribution in [-0.2, 0) is 16.0 Å². The first kappa shape index (κ1) is 20.3. The minimum Gasteiger partial charge on any atom is -0.354 e. The molecular weight excluding hydrogens is 328 g/mol. The second-order valence-corrected chi connectivity index (χ2v) is 7.91. The molecule has 26 heavy (non-hydrogen) atoms. The zero-order chi connectivity index (χ0) is 19.4. The largest absolute Gasteiger partial charge is 0.354 e. The van der Waals surface area contributed by atoms with Crippen molar-refractivity contribution in [3.63, 3.8) is 0 Å². The van der Waals surface area contributed by atoms with E-state index in [9.17, 15) is 9.59 Å². The first-order valence-corrected chi connectivity index (χ1v) is 9.61. The van der Waals surface area contributed by atoms with Crippen LogP contribution in [0.3, 0.4) is 0 Å². The maximum Gasteiger partial charge on any atom is 0.225 e. The maximum atomic E-state index is 12.3. The number of piperidine rings is 1. The fourth-order valence-electron chi connectivity index (χ4n) is 3.49. The van der Waals surface area contributed by atoms with E-state index in [4.69, 9.17) is 9.97 Å². The van der Waals surface area contributed by atoms with Gasteiger partial charge in [-0.25, -0.2) is 9.97 Å². The molecule has 1 aliphatic heterocycles. The van der Waals surface area contributed by atoms with Crippen molar-refractivity contribution < 1.29 is 9.59 Å². The van der Waals surface area contributed by atoms with Gasteiger partial charge in [0.2, 0.25) is 11.8 Å². The molecule has 1 aromatic heterocycles. The van der Waals surface area contributed by atoms with Gasteiger partial charge in [0, 0.05) is 47.9 Å². The highest BCUT2D eigenvalue weighted by atomic mass is 16.2. The molecule has 1 atom stereocenters. The standard InChI is InChI=1S/C20H32N4O2/c1-12(2)20(26)24-9-7-8-16(11-24)19-22-14(5)17(15(6)23-19)10-18(25)21-13(3)4/h12-13,16H,7-11H2,1-6H3,(H,21,25)/t16-/m1/s1. The predicted octanol–water partition coefficient (Wildman–Crippen LogP) is 2.52. The third kappa shape index (κ3) is 5.02. The number of amides is 2. The Hall–Kier alpha value is -1.98. The first-order chi connectivity index (χ1) is 12.2. The molecule has 1 N–H and O–H groups in total. The average Bonchev–Trinajstić information content (AvgIpc) is 2.56. The lowest BCUT2D eigenvalue weighted by molar-refractivity contribution is -0.135.